The minimum atomic E-state index is 0.506. The van der Waals surface area contributed by atoms with Gasteiger partial charge >= 0.3 is 0 Å². The van der Waals surface area contributed by atoms with Gasteiger partial charge in [0.1, 0.15) is 0 Å². The molecule has 2 N–H and O–H groups in total. The van der Waals surface area contributed by atoms with Crippen LogP contribution >= 0.6 is 0 Å². The zero-order valence-electron chi connectivity index (χ0n) is 10.1. The van der Waals surface area contributed by atoms with E-state index in [1.165, 1.54) is 0 Å². The quantitative estimate of drug-likeness (QED) is 0.873. The van der Waals surface area contributed by atoms with E-state index >= 15 is 0 Å². The van der Waals surface area contributed by atoms with E-state index in [1.807, 2.05) is 55.5 Å². The SMILES string of the molecule is Cc1cnc(N(C)c2ccccc2CN)nc1. The molecule has 1 aromatic carbocycles. The Balaban J connectivity index is 2.36. The predicted octanol–water partition coefficient (Wildman–Crippen LogP) is 2.01. The Morgan fingerprint density at radius 1 is 1.18 bits per heavy atom. The molecular weight excluding hydrogens is 212 g/mol. The van der Waals surface area contributed by atoms with Gasteiger partial charge in [0.25, 0.3) is 0 Å². The van der Waals surface area contributed by atoms with Crippen LogP contribution in [-0.4, -0.2) is 17.0 Å². The molecule has 2 aromatic rings. The van der Waals surface area contributed by atoms with Crippen LogP contribution in [0, 0.1) is 6.92 Å². The molecule has 0 amide bonds. The summed E-state index contributed by atoms with van der Waals surface area (Å²) in [7, 11) is 1.94. The zero-order chi connectivity index (χ0) is 12.3. The molecule has 0 fully saturated rings. The Morgan fingerprint density at radius 3 is 2.47 bits per heavy atom. The third kappa shape index (κ3) is 2.42. The summed E-state index contributed by atoms with van der Waals surface area (Å²) < 4.78 is 0. The highest BCUT2D eigenvalue weighted by atomic mass is 15.2. The van der Waals surface area contributed by atoms with Crippen LogP contribution in [0.15, 0.2) is 36.7 Å². The van der Waals surface area contributed by atoms with Gasteiger partial charge in [0.15, 0.2) is 0 Å². The van der Waals surface area contributed by atoms with Crippen molar-refractivity contribution < 1.29 is 0 Å². The van der Waals surface area contributed by atoms with Gasteiger partial charge in [-0.25, -0.2) is 9.97 Å². The lowest BCUT2D eigenvalue weighted by molar-refractivity contribution is 0.995. The highest BCUT2D eigenvalue weighted by molar-refractivity contribution is 5.60. The molecule has 0 bridgehead atoms. The average Bonchev–Trinajstić information content (AvgIpc) is 2.39. The minimum Gasteiger partial charge on any atom is -0.326 e. The predicted molar refractivity (Wildman–Crippen MR) is 69.2 cm³/mol. The molecule has 0 aliphatic heterocycles. The fraction of sp³-hybridized carbons (Fsp3) is 0.231. The summed E-state index contributed by atoms with van der Waals surface area (Å²) in [6.07, 6.45) is 3.62. The van der Waals surface area contributed by atoms with Crippen LogP contribution in [0.4, 0.5) is 11.6 Å². The van der Waals surface area contributed by atoms with Crippen molar-refractivity contribution in [3.8, 4) is 0 Å². The second-order valence-electron chi connectivity index (χ2n) is 3.95. The number of hydrogen-bond donors (Lipinski definition) is 1. The van der Waals surface area contributed by atoms with Crippen molar-refractivity contribution in [1.29, 1.82) is 0 Å². The molecule has 0 atom stereocenters. The second kappa shape index (κ2) is 4.93. The smallest absolute Gasteiger partial charge is 0.229 e. The molecular formula is C13H16N4. The molecule has 1 heterocycles. The number of anilines is 2. The molecule has 4 nitrogen and oxygen atoms in total. The normalized spacial score (nSPS) is 10.3. The largest absolute Gasteiger partial charge is 0.326 e. The van der Waals surface area contributed by atoms with Crippen molar-refractivity contribution in [3.63, 3.8) is 0 Å². The fourth-order valence-corrected chi connectivity index (χ4v) is 1.68. The van der Waals surface area contributed by atoms with Gasteiger partial charge in [0.2, 0.25) is 5.95 Å². The zero-order valence-corrected chi connectivity index (χ0v) is 10.1. The summed E-state index contributed by atoms with van der Waals surface area (Å²) in [5, 5.41) is 0. The lowest BCUT2D eigenvalue weighted by Gasteiger charge is -2.19. The molecule has 88 valence electrons. The fourth-order valence-electron chi connectivity index (χ4n) is 1.68. The summed E-state index contributed by atoms with van der Waals surface area (Å²) in [6.45, 7) is 2.48. The first kappa shape index (κ1) is 11.5. The van der Waals surface area contributed by atoms with Crippen molar-refractivity contribution in [2.24, 2.45) is 5.73 Å². The summed E-state index contributed by atoms with van der Waals surface area (Å²) in [5.41, 5.74) is 8.90. The maximum atomic E-state index is 5.72. The number of aromatic nitrogens is 2. The third-order valence-electron chi connectivity index (χ3n) is 2.64. The maximum absolute atomic E-state index is 5.72. The minimum absolute atomic E-state index is 0.506. The van der Waals surface area contributed by atoms with E-state index in [0.717, 1.165) is 16.8 Å². The summed E-state index contributed by atoms with van der Waals surface area (Å²) in [4.78, 5) is 10.6. The Hall–Kier alpha value is -1.94. The molecule has 17 heavy (non-hydrogen) atoms. The van der Waals surface area contributed by atoms with E-state index in [9.17, 15) is 0 Å². The number of hydrogen-bond acceptors (Lipinski definition) is 4. The van der Waals surface area contributed by atoms with E-state index < -0.39 is 0 Å². The summed E-state index contributed by atoms with van der Waals surface area (Å²) >= 11 is 0. The molecule has 0 aliphatic carbocycles. The lowest BCUT2D eigenvalue weighted by Crippen LogP contribution is -2.15. The van der Waals surface area contributed by atoms with E-state index in [4.69, 9.17) is 5.73 Å². The molecule has 0 saturated carbocycles. The van der Waals surface area contributed by atoms with Gasteiger partial charge in [-0.15, -0.1) is 0 Å². The van der Waals surface area contributed by atoms with Gasteiger partial charge in [-0.1, -0.05) is 18.2 Å². The first-order valence-corrected chi connectivity index (χ1v) is 5.52. The Bertz CT molecular complexity index is 493. The van der Waals surface area contributed by atoms with Crippen molar-refractivity contribution in [2.75, 3.05) is 11.9 Å². The van der Waals surface area contributed by atoms with E-state index in [0.29, 0.717) is 12.5 Å². The Labute approximate surface area is 101 Å². The molecule has 0 radical (unpaired) electrons. The molecule has 0 saturated heterocycles. The van der Waals surface area contributed by atoms with Gasteiger partial charge in [0, 0.05) is 31.7 Å². The first-order valence-electron chi connectivity index (χ1n) is 5.52. The lowest BCUT2D eigenvalue weighted by atomic mass is 10.1. The van der Waals surface area contributed by atoms with Crippen molar-refractivity contribution in [1.82, 2.24) is 9.97 Å². The van der Waals surface area contributed by atoms with Crippen LogP contribution in [0.3, 0.4) is 0 Å². The number of rotatable bonds is 3. The second-order valence-corrected chi connectivity index (χ2v) is 3.95. The van der Waals surface area contributed by atoms with Crippen LogP contribution in [0.25, 0.3) is 0 Å². The van der Waals surface area contributed by atoms with Gasteiger partial charge < -0.3 is 10.6 Å². The van der Waals surface area contributed by atoms with Crippen molar-refractivity contribution in [3.05, 3.63) is 47.8 Å². The van der Waals surface area contributed by atoms with Crippen molar-refractivity contribution >= 4 is 11.6 Å². The highest BCUT2D eigenvalue weighted by Gasteiger charge is 2.09. The van der Waals surface area contributed by atoms with E-state index in [-0.39, 0.29) is 0 Å². The number of para-hydroxylation sites is 1. The molecule has 0 unspecified atom stereocenters. The number of benzene rings is 1. The van der Waals surface area contributed by atoms with E-state index in [2.05, 4.69) is 9.97 Å². The first-order chi connectivity index (χ1) is 8.22. The number of aryl methyl sites for hydroxylation is 1. The van der Waals surface area contributed by atoms with Gasteiger partial charge in [-0.3, -0.25) is 0 Å². The van der Waals surface area contributed by atoms with E-state index in [1.54, 1.807) is 0 Å². The summed E-state index contributed by atoms with van der Waals surface area (Å²) in [5.74, 6) is 0.677. The standard InChI is InChI=1S/C13H16N4/c1-10-8-15-13(16-9-10)17(2)12-6-4-3-5-11(12)7-14/h3-6,8-9H,7,14H2,1-2H3. The van der Waals surface area contributed by atoms with Crippen LogP contribution in [0.2, 0.25) is 0 Å². The number of nitrogens with zero attached hydrogens (tertiary/aromatic N) is 3. The van der Waals surface area contributed by atoms with Crippen LogP contribution in [0.1, 0.15) is 11.1 Å². The monoisotopic (exact) mass is 228 g/mol. The van der Waals surface area contributed by atoms with Crippen LogP contribution in [0.5, 0.6) is 0 Å². The maximum Gasteiger partial charge on any atom is 0.229 e. The van der Waals surface area contributed by atoms with Crippen LogP contribution < -0.4 is 10.6 Å². The van der Waals surface area contributed by atoms with Crippen LogP contribution in [-0.2, 0) is 6.54 Å². The average molecular weight is 228 g/mol. The van der Waals surface area contributed by atoms with Gasteiger partial charge in [-0.2, -0.15) is 0 Å². The Morgan fingerprint density at radius 2 is 1.82 bits per heavy atom. The molecule has 0 aliphatic rings. The topological polar surface area (TPSA) is 55.0 Å². The highest BCUT2D eigenvalue weighted by Crippen LogP contribution is 2.23. The van der Waals surface area contributed by atoms with Gasteiger partial charge in [0.05, 0.1) is 0 Å². The molecule has 2 rings (SSSR count). The summed E-state index contributed by atoms with van der Waals surface area (Å²) in [6, 6.07) is 8.00. The third-order valence-corrected chi connectivity index (χ3v) is 2.64. The molecule has 0 spiro atoms. The molecule has 1 aromatic heterocycles. The van der Waals surface area contributed by atoms with Gasteiger partial charge in [-0.05, 0) is 24.1 Å². The Kier molecular flexibility index (Phi) is 3.35. The molecule has 4 heteroatoms. The number of nitrogens with two attached hydrogens (primary N) is 1. The van der Waals surface area contributed by atoms with Crippen molar-refractivity contribution in [2.45, 2.75) is 13.5 Å².